The fourth-order valence-electron chi connectivity index (χ4n) is 2.43. The van der Waals surface area contributed by atoms with Gasteiger partial charge in [0, 0.05) is 13.2 Å². The van der Waals surface area contributed by atoms with Crippen LogP contribution in [0.4, 0.5) is 4.39 Å². The summed E-state index contributed by atoms with van der Waals surface area (Å²) in [6, 6.07) is 8.36. The number of imidazole rings is 1. The summed E-state index contributed by atoms with van der Waals surface area (Å²) < 4.78 is 14.8. The first-order chi connectivity index (χ1) is 11.9. The molecular formula is C18H16FN3O3. The van der Waals surface area contributed by atoms with Gasteiger partial charge in [-0.15, -0.1) is 0 Å². The SMILES string of the molecule is Cn1cnc(CNC(=O)c2cc(-c3ccc(F)cc3)cc(O)c2O)c1. The first-order valence-corrected chi connectivity index (χ1v) is 7.51. The molecule has 0 fully saturated rings. The first kappa shape index (κ1) is 16.5. The molecule has 3 N–H and O–H groups in total. The monoisotopic (exact) mass is 341 g/mol. The zero-order valence-corrected chi connectivity index (χ0v) is 13.4. The first-order valence-electron chi connectivity index (χ1n) is 7.51. The number of nitrogens with one attached hydrogen (secondary N) is 1. The number of phenols is 2. The number of carbonyl (C=O) groups excluding carboxylic acids is 1. The molecule has 128 valence electrons. The Morgan fingerprint density at radius 3 is 2.56 bits per heavy atom. The molecule has 1 aromatic heterocycles. The summed E-state index contributed by atoms with van der Waals surface area (Å²) in [6.45, 7) is 0.181. The zero-order valence-electron chi connectivity index (χ0n) is 13.4. The van der Waals surface area contributed by atoms with Crippen LogP contribution >= 0.6 is 0 Å². The van der Waals surface area contributed by atoms with Crippen LogP contribution in [0, 0.1) is 5.82 Å². The standard InChI is InChI=1S/C18H16FN3O3/c1-22-9-14(21-10-22)8-20-18(25)15-6-12(7-16(23)17(15)24)11-2-4-13(19)5-3-11/h2-7,9-10,23-24H,8H2,1H3,(H,20,25). The third kappa shape index (κ3) is 3.60. The van der Waals surface area contributed by atoms with Crippen LogP contribution in [0.5, 0.6) is 11.5 Å². The summed E-state index contributed by atoms with van der Waals surface area (Å²) in [5.74, 6) is -1.88. The predicted molar refractivity (Wildman–Crippen MR) is 89.5 cm³/mol. The molecule has 3 aromatic rings. The molecule has 0 saturated carbocycles. The van der Waals surface area contributed by atoms with Crippen molar-refractivity contribution in [3.05, 3.63) is 66.0 Å². The molecule has 1 heterocycles. The molecule has 1 amide bonds. The second kappa shape index (κ2) is 6.64. The summed E-state index contributed by atoms with van der Waals surface area (Å²) in [5.41, 5.74) is 1.68. The number of aromatic hydroxyl groups is 2. The molecule has 0 unspecified atom stereocenters. The molecule has 0 atom stereocenters. The Balaban J connectivity index is 1.86. The number of hydrogen-bond donors (Lipinski definition) is 3. The lowest BCUT2D eigenvalue weighted by atomic mass is 10.0. The van der Waals surface area contributed by atoms with E-state index in [-0.39, 0.29) is 17.9 Å². The van der Waals surface area contributed by atoms with E-state index < -0.39 is 17.4 Å². The highest BCUT2D eigenvalue weighted by molar-refractivity contribution is 5.99. The van der Waals surface area contributed by atoms with Crippen molar-refractivity contribution >= 4 is 5.91 Å². The minimum absolute atomic E-state index is 0.0738. The number of halogens is 1. The largest absolute Gasteiger partial charge is 0.504 e. The van der Waals surface area contributed by atoms with Crippen LogP contribution in [-0.4, -0.2) is 25.7 Å². The highest BCUT2D eigenvalue weighted by atomic mass is 19.1. The van der Waals surface area contributed by atoms with E-state index in [0.717, 1.165) is 0 Å². The van der Waals surface area contributed by atoms with Gasteiger partial charge in [0.1, 0.15) is 5.82 Å². The van der Waals surface area contributed by atoms with Gasteiger partial charge in [-0.2, -0.15) is 0 Å². The van der Waals surface area contributed by atoms with Crippen LogP contribution in [0.15, 0.2) is 48.9 Å². The average molecular weight is 341 g/mol. The Morgan fingerprint density at radius 1 is 1.20 bits per heavy atom. The maximum atomic E-state index is 13.1. The van der Waals surface area contributed by atoms with E-state index in [2.05, 4.69) is 10.3 Å². The van der Waals surface area contributed by atoms with Gasteiger partial charge in [-0.1, -0.05) is 12.1 Å². The summed E-state index contributed by atoms with van der Waals surface area (Å²) in [6.07, 6.45) is 3.37. The van der Waals surface area contributed by atoms with Crippen molar-refractivity contribution in [3.63, 3.8) is 0 Å². The Bertz CT molecular complexity index is 920. The molecule has 6 nitrogen and oxygen atoms in total. The molecule has 0 bridgehead atoms. The van der Waals surface area contributed by atoms with Gasteiger partial charge in [0.2, 0.25) is 0 Å². The van der Waals surface area contributed by atoms with E-state index in [9.17, 15) is 19.4 Å². The van der Waals surface area contributed by atoms with E-state index in [1.165, 1.54) is 36.4 Å². The molecular weight excluding hydrogens is 325 g/mol. The topological polar surface area (TPSA) is 87.4 Å². The van der Waals surface area contributed by atoms with Gasteiger partial charge in [-0.3, -0.25) is 4.79 Å². The highest BCUT2D eigenvalue weighted by Gasteiger charge is 2.17. The fourth-order valence-corrected chi connectivity index (χ4v) is 2.43. The van der Waals surface area contributed by atoms with Gasteiger partial charge in [0.15, 0.2) is 11.5 Å². The van der Waals surface area contributed by atoms with Gasteiger partial charge in [-0.05, 0) is 35.4 Å². The Hall–Kier alpha value is -3.35. The maximum absolute atomic E-state index is 13.1. The molecule has 0 saturated heterocycles. The Kier molecular flexibility index (Phi) is 4.38. The van der Waals surface area contributed by atoms with Crippen molar-refractivity contribution in [2.45, 2.75) is 6.54 Å². The molecule has 3 rings (SSSR count). The van der Waals surface area contributed by atoms with Crippen LogP contribution in [-0.2, 0) is 13.6 Å². The van der Waals surface area contributed by atoms with Crippen molar-refractivity contribution in [1.29, 1.82) is 0 Å². The number of phenolic OH excluding ortho intramolecular Hbond substituents is 2. The van der Waals surface area contributed by atoms with Gasteiger partial charge in [0.25, 0.3) is 5.91 Å². The molecule has 25 heavy (non-hydrogen) atoms. The minimum atomic E-state index is -0.553. The van der Waals surface area contributed by atoms with Gasteiger partial charge >= 0.3 is 0 Å². The number of nitrogens with zero attached hydrogens (tertiary/aromatic N) is 2. The lowest BCUT2D eigenvalue weighted by Gasteiger charge is -2.10. The number of aryl methyl sites for hydroxylation is 1. The lowest BCUT2D eigenvalue weighted by Crippen LogP contribution is -2.23. The Morgan fingerprint density at radius 2 is 1.92 bits per heavy atom. The molecule has 7 heteroatoms. The number of aromatic nitrogens is 2. The lowest BCUT2D eigenvalue weighted by molar-refractivity contribution is 0.0947. The number of hydrogen-bond acceptors (Lipinski definition) is 4. The van der Waals surface area contributed by atoms with Gasteiger partial charge in [-0.25, -0.2) is 9.37 Å². The number of benzene rings is 2. The number of carbonyl (C=O) groups is 1. The summed E-state index contributed by atoms with van der Waals surface area (Å²) in [7, 11) is 1.81. The van der Waals surface area contributed by atoms with Gasteiger partial charge < -0.3 is 20.1 Å². The normalized spacial score (nSPS) is 10.6. The van der Waals surface area contributed by atoms with E-state index in [4.69, 9.17) is 0 Å². The van der Waals surface area contributed by atoms with Crippen molar-refractivity contribution in [3.8, 4) is 22.6 Å². The van der Waals surface area contributed by atoms with Crippen molar-refractivity contribution in [1.82, 2.24) is 14.9 Å². The molecule has 0 aliphatic carbocycles. The van der Waals surface area contributed by atoms with Crippen LogP contribution in [0.25, 0.3) is 11.1 Å². The molecule has 2 aromatic carbocycles. The van der Waals surface area contributed by atoms with Gasteiger partial charge in [0.05, 0.1) is 24.1 Å². The fraction of sp³-hybridized carbons (Fsp3) is 0.111. The zero-order chi connectivity index (χ0) is 18.0. The quantitative estimate of drug-likeness (QED) is 0.637. The molecule has 0 aliphatic heterocycles. The molecule has 0 aliphatic rings. The second-order valence-electron chi connectivity index (χ2n) is 5.61. The number of rotatable bonds is 4. The van der Waals surface area contributed by atoms with Crippen molar-refractivity contribution in [2.75, 3.05) is 0 Å². The van der Waals surface area contributed by atoms with Crippen LogP contribution in [0.2, 0.25) is 0 Å². The minimum Gasteiger partial charge on any atom is -0.504 e. The van der Waals surface area contributed by atoms with Crippen LogP contribution in [0.3, 0.4) is 0 Å². The number of amides is 1. The van der Waals surface area contributed by atoms with Crippen molar-refractivity contribution in [2.24, 2.45) is 7.05 Å². The third-order valence-electron chi connectivity index (χ3n) is 3.70. The van der Waals surface area contributed by atoms with E-state index in [1.54, 1.807) is 17.1 Å². The smallest absolute Gasteiger partial charge is 0.255 e. The Labute approximate surface area is 143 Å². The third-order valence-corrected chi connectivity index (χ3v) is 3.70. The van der Waals surface area contributed by atoms with E-state index in [1.807, 2.05) is 7.05 Å². The second-order valence-corrected chi connectivity index (χ2v) is 5.61. The van der Waals surface area contributed by atoms with Crippen LogP contribution < -0.4 is 5.32 Å². The van der Waals surface area contributed by atoms with Crippen LogP contribution in [0.1, 0.15) is 16.1 Å². The molecule has 0 spiro atoms. The molecule has 0 radical (unpaired) electrons. The summed E-state index contributed by atoms with van der Waals surface area (Å²) in [5, 5.41) is 22.5. The summed E-state index contributed by atoms with van der Waals surface area (Å²) >= 11 is 0. The highest BCUT2D eigenvalue weighted by Crippen LogP contribution is 2.34. The maximum Gasteiger partial charge on any atom is 0.255 e. The van der Waals surface area contributed by atoms with E-state index >= 15 is 0 Å². The summed E-state index contributed by atoms with van der Waals surface area (Å²) in [4.78, 5) is 16.5. The average Bonchev–Trinajstić information content (AvgIpc) is 3.01. The predicted octanol–water partition coefficient (Wildman–Crippen LogP) is 2.57. The van der Waals surface area contributed by atoms with E-state index in [0.29, 0.717) is 16.8 Å². The van der Waals surface area contributed by atoms with Crippen molar-refractivity contribution < 1.29 is 19.4 Å².